The number of hydrogen-bond donors (Lipinski definition) is 1. The molecule has 2 rings (SSSR count). The molecule has 1 N–H and O–H groups in total. The highest BCUT2D eigenvalue weighted by atomic mass is 32.2. The van der Waals surface area contributed by atoms with Crippen LogP contribution in [0, 0.1) is 0 Å². The molecule has 2 atom stereocenters. The molecule has 6 heteroatoms. The third-order valence-electron chi connectivity index (χ3n) is 3.53. The maximum absolute atomic E-state index is 10.8. The number of carboxylic acids is 1. The van der Waals surface area contributed by atoms with E-state index in [0.29, 0.717) is 12.0 Å². The monoisotopic (exact) mass is 298 g/mol. The van der Waals surface area contributed by atoms with Crippen molar-refractivity contribution >= 4 is 17.7 Å². The number of carboxylic acid groups (broad SMARTS) is 1. The Morgan fingerprint density at radius 3 is 3.00 bits per heavy atom. The highest BCUT2D eigenvalue weighted by molar-refractivity contribution is 7.99. The van der Waals surface area contributed by atoms with Crippen molar-refractivity contribution in [1.29, 1.82) is 0 Å². The van der Waals surface area contributed by atoms with Gasteiger partial charge in [0.15, 0.2) is 5.16 Å². The molecule has 1 fully saturated rings. The number of ether oxygens (including phenoxy) is 1. The predicted octanol–water partition coefficient (Wildman–Crippen LogP) is 2.92. The molecule has 20 heavy (non-hydrogen) atoms. The SMILES string of the molecule is CC1CC(n2c(C(C)C)cnc2SCC(=O)O)CCO1. The first-order chi connectivity index (χ1) is 9.49. The van der Waals surface area contributed by atoms with Gasteiger partial charge in [-0.15, -0.1) is 0 Å². The van der Waals surface area contributed by atoms with E-state index in [-0.39, 0.29) is 11.9 Å². The van der Waals surface area contributed by atoms with Crippen LogP contribution in [-0.2, 0) is 9.53 Å². The van der Waals surface area contributed by atoms with Gasteiger partial charge in [0.05, 0.1) is 11.9 Å². The van der Waals surface area contributed by atoms with Crippen molar-refractivity contribution in [3.8, 4) is 0 Å². The minimum absolute atomic E-state index is 0.0489. The molecule has 1 saturated heterocycles. The molecule has 2 heterocycles. The summed E-state index contributed by atoms with van der Waals surface area (Å²) in [6.45, 7) is 7.12. The van der Waals surface area contributed by atoms with Crippen molar-refractivity contribution in [2.24, 2.45) is 0 Å². The Labute approximate surface area is 123 Å². The highest BCUT2D eigenvalue weighted by Gasteiger charge is 2.26. The van der Waals surface area contributed by atoms with Crippen LogP contribution in [0.3, 0.4) is 0 Å². The molecule has 5 nitrogen and oxygen atoms in total. The summed E-state index contributed by atoms with van der Waals surface area (Å²) < 4.78 is 7.84. The van der Waals surface area contributed by atoms with Crippen molar-refractivity contribution in [3.05, 3.63) is 11.9 Å². The molecule has 1 aliphatic heterocycles. The second-order valence-corrected chi connectivity index (χ2v) is 6.47. The fourth-order valence-electron chi connectivity index (χ4n) is 2.59. The second-order valence-electron chi connectivity index (χ2n) is 5.53. The zero-order chi connectivity index (χ0) is 14.7. The number of hydrogen-bond acceptors (Lipinski definition) is 4. The lowest BCUT2D eigenvalue weighted by Gasteiger charge is -2.31. The molecule has 1 aromatic rings. The first-order valence-corrected chi connectivity index (χ1v) is 8.01. The standard InChI is InChI=1S/C14H22N2O3S/c1-9(2)12-7-15-14(20-8-13(17)18)16(12)11-4-5-19-10(3)6-11/h7,9-11H,4-6,8H2,1-3H3,(H,17,18). The van der Waals surface area contributed by atoms with E-state index in [2.05, 4.69) is 30.3 Å². The normalized spacial score (nSPS) is 23.2. The molecule has 112 valence electrons. The molecule has 0 bridgehead atoms. The summed E-state index contributed by atoms with van der Waals surface area (Å²) in [5.41, 5.74) is 1.18. The van der Waals surface area contributed by atoms with Gasteiger partial charge < -0.3 is 14.4 Å². The summed E-state index contributed by atoms with van der Waals surface area (Å²) in [4.78, 5) is 15.2. The molecule has 1 aliphatic rings. The van der Waals surface area contributed by atoms with Crippen molar-refractivity contribution in [2.75, 3.05) is 12.4 Å². The van der Waals surface area contributed by atoms with Crippen LogP contribution in [-0.4, -0.2) is 39.1 Å². The van der Waals surface area contributed by atoms with Crippen LogP contribution in [0.4, 0.5) is 0 Å². The molecule has 2 unspecified atom stereocenters. The summed E-state index contributed by atoms with van der Waals surface area (Å²) in [5.74, 6) is -0.385. The fourth-order valence-corrected chi connectivity index (χ4v) is 3.37. The zero-order valence-electron chi connectivity index (χ0n) is 12.2. The third kappa shape index (κ3) is 3.55. The summed E-state index contributed by atoms with van der Waals surface area (Å²) in [6.07, 6.45) is 4.04. The van der Waals surface area contributed by atoms with Gasteiger partial charge in [0.1, 0.15) is 0 Å². The smallest absolute Gasteiger partial charge is 0.313 e. The molecule has 0 amide bonds. The Hall–Kier alpha value is -1.01. The molecule has 1 aromatic heterocycles. The number of carbonyl (C=O) groups is 1. The molecule has 0 spiro atoms. The maximum atomic E-state index is 10.8. The largest absolute Gasteiger partial charge is 0.481 e. The highest BCUT2D eigenvalue weighted by Crippen LogP contribution is 2.33. The Morgan fingerprint density at radius 1 is 1.65 bits per heavy atom. The van der Waals surface area contributed by atoms with Crippen molar-refractivity contribution in [3.63, 3.8) is 0 Å². The summed E-state index contributed by atoms with van der Waals surface area (Å²) in [7, 11) is 0. The van der Waals surface area contributed by atoms with E-state index in [4.69, 9.17) is 9.84 Å². The van der Waals surface area contributed by atoms with E-state index in [1.807, 2.05) is 6.20 Å². The van der Waals surface area contributed by atoms with Crippen LogP contribution >= 0.6 is 11.8 Å². The van der Waals surface area contributed by atoms with Gasteiger partial charge in [0.2, 0.25) is 0 Å². The van der Waals surface area contributed by atoms with E-state index in [1.165, 1.54) is 17.5 Å². The van der Waals surface area contributed by atoms with Gasteiger partial charge in [-0.1, -0.05) is 25.6 Å². The molecule has 0 aromatic carbocycles. The van der Waals surface area contributed by atoms with Crippen molar-refractivity contribution in [1.82, 2.24) is 9.55 Å². The van der Waals surface area contributed by atoms with E-state index in [0.717, 1.165) is 24.6 Å². The van der Waals surface area contributed by atoms with Crippen LogP contribution in [0.5, 0.6) is 0 Å². The van der Waals surface area contributed by atoms with Crippen molar-refractivity contribution in [2.45, 2.75) is 56.8 Å². The van der Waals surface area contributed by atoms with Gasteiger partial charge in [-0.05, 0) is 25.7 Å². The lowest BCUT2D eigenvalue weighted by Crippen LogP contribution is -2.27. The zero-order valence-corrected chi connectivity index (χ0v) is 13.0. The Bertz CT molecular complexity index is 473. The number of nitrogens with zero attached hydrogens (tertiary/aromatic N) is 2. The maximum Gasteiger partial charge on any atom is 0.313 e. The number of rotatable bonds is 5. The first kappa shape index (κ1) is 15.4. The Morgan fingerprint density at radius 2 is 2.40 bits per heavy atom. The fraction of sp³-hybridized carbons (Fsp3) is 0.714. The van der Waals surface area contributed by atoms with Gasteiger partial charge in [0.25, 0.3) is 0 Å². The Kier molecular flexibility index (Phi) is 5.10. The van der Waals surface area contributed by atoms with Crippen LogP contribution < -0.4 is 0 Å². The molecular weight excluding hydrogens is 276 g/mol. The van der Waals surface area contributed by atoms with E-state index in [1.54, 1.807) is 0 Å². The lowest BCUT2D eigenvalue weighted by atomic mass is 10.0. The van der Waals surface area contributed by atoms with E-state index >= 15 is 0 Å². The summed E-state index contributed by atoms with van der Waals surface area (Å²) >= 11 is 1.30. The molecule has 0 saturated carbocycles. The van der Waals surface area contributed by atoms with Crippen LogP contribution in [0.25, 0.3) is 0 Å². The molecular formula is C14H22N2O3S. The predicted molar refractivity (Wildman–Crippen MR) is 78.4 cm³/mol. The topological polar surface area (TPSA) is 64.4 Å². The van der Waals surface area contributed by atoms with E-state index < -0.39 is 5.97 Å². The third-order valence-corrected chi connectivity index (χ3v) is 4.48. The minimum atomic E-state index is -0.809. The van der Waals surface area contributed by atoms with Gasteiger partial charge in [-0.2, -0.15) is 0 Å². The average molecular weight is 298 g/mol. The first-order valence-electron chi connectivity index (χ1n) is 7.02. The van der Waals surface area contributed by atoms with Gasteiger partial charge in [-0.25, -0.2) is 4.98 Å². The van der Waals surface area contributed by atoms with E-state index in [9.17, 15) is 4.79 Å². The van der Waals surface area contributed by atoms with Crippen molar-refractivity contribution < 1.29 is 14.6 Å². The van der Waals surface area contributed by atoms with Gasteiger partial charge >= 0.3 is 5.97 Å². The minimum Gasteiger partial charge on any atom is -0.481 e. The van der Waals surface area contributed by atoms with Gasteiger partial charge in [0, 0.05) is 24.5 Å². The lowest BCUT2D eigenvalue weighted by molar-refractivity contribution is -0.133. The quantitative estimate of drug-likeness (QED) is 0.847. The second kappa shape index (κ2) is 6.63. The number of aliphatic carboxylic acids is 1. The van der Waals surface area contributed by atoms with Gasteiger partial charge in [-0.3, -0.25) is 4.79 Å². The number of imidazole rings is 1. The summed E-state index contributed by atoms with van der Waals surface area (Å²) in [6, 6.07) is 0.356. The Balaban J connectivity index is 2.26. The molecule has 0 aliphatic carbocycles. The van der Waals surface area contributed by atoms with Crippen LogP contribution in [0.1, 0.15) is 51.3 Å². The van der Waals surface area contributed by atoms with Crippen LogP contribution in [0.15, 0.2) is 11.4 Å². The average Bonchev–Trinajstić information content (AvgIpc) is 2.80. The molecule has 0 radical (unpaired) electrons. The summed E-state index contributed by atoms with van der Waals surface area (Å²) in [5, 5.41) is 9.67. The number of thioether (sulfide) groups is 1. The number of aromatic nitrogens is 2. The van der Waals surface area contributed by atoms with Crippen LogP contribution in [0.2, 0.25) is 0 Å².